The van der Waals surface area contributed by atoms with Crippen LogP contribution in [0.3, 0.4) is 0 Å². The van der Waals surface area contributed by atoms with Crippen molar-refractivity contribution in [2.75, 3.05) is 0 Å². The molecule has 2 atom stereocenters. The number of thiophene rings is 1. The number of hydrogen-bond acceptors (Lipinski definition) is 2. The highest BCUT2D eigenvalue weighted by Gasteiger charge is 2.22. The van der Waals surface area contributed by atoms with Gasteiger partial charge >= 0.3 is 0 Å². The second-order valence-electron chi connectivity index (χ2n) is 5.36. The third kappa shape index (κ3) is 2.94. The standard InChI is InChI=1S/C15H23NOS/c1-4-10(3)16-15(17)14-9-12-8-11(5-2)6-7-13(12)18-14/h9-11H,4-8H2,1-3H3,(H,16,17). The number of rotatable bonds is 4. The minimum atomic E-state index is 0.108. The molecule has 0 aromatic carbocycles. The molecule has 0 saturated heterocycles. The minimum Gasteiger partial charge on any atom is -0.349 e. The van der Waals surface area contributed by atoms with Gasteiger partial charge in [0.05, 0.1) is 4.88 Å². The second kappa shape index (κ2) is 5.87. The topological polar surface area (TPSA) is 29.1 Å². The lowest BCUT2D eigenvalue weighted by atomic mass is 9.87. The Kier molecular flexibility index (Phi) is 4.44. The zero-order valence-electron chi connectivity index (χ0n) is 11.6. The Labute approximate surface area is 114 Å². The number of fused-ring (bicyclic) bond motifs is 1. The summed E-state index contributed by atoms with van der Waals surface area (Å²) in [7, 11) is 0. The number of carbonyl (C=O) groups excluding carboxylic acids is 1. The lowest BCUT2D eigenvalue weighted by Crippen LogP contribution is -2.31. The first-order valence-electron chi connectivity index (χ1n) is 7.06. The van der Waals surface area contributed by atoms with Crippen LogP contribution in [0.1, 0.15) is 60.1 Å². The Bertz CT molecular complexity index is 424. The molecule has 18 heavy (non-hydrogen) atoms. The molecule has 1 aliphatic rings. The van der Waals surface area contributed by atoms with Crippen LogP contribution < -0.4 is 5.32 Å². The molecular formula is C15H23NOS. The summed E-state index contributed by atoms with van der Waals surface area (Å²) in [6.07, 6.45) is 5.85. The van der Waals surface area contributed by atoms with E-state index in [2.05, 4.69) is 32.2 Å². The normalized spacial score (nSPS) is 20.3. The van der Waals surface area contributed by atoms with Gasteiger partial charge < -0.3 is 5.32 Å². The molecule has 0 bridgehead atoms. The van der Waals surface area contributed by atoms with E-state index in [0.717, 1.165) is 23.6 Å². The lowest BCUT2D eigenvalue weighted by Gasteiger charge is -2.19. The smallest absolute Gasteiger partial charge is 0.261 e. The zero-order valence-corrected chi connectivity index (χ0v) is 12.4. The highest BCUT2D eigenvalue weighted by Crippen LogP contribution is 2.33. The summed E-state index contributed by atoms with van der Waals surface area (Å²) in [5.74, 6) is 0.925. The number of nitrogens with one attached hydrogen (secondary N) is 1. The van der Waals surface area contributed by atoms with Gasteiger partial charge in [-0.3, -0.25) is 4.79 Å². The molecule has 1 amide bonds. The van der Waals surface area contributed by atoms with Gasteiger partial charge in [-0.25, -0.2) is 0 Å². The number of aryl methyl sites for hydroxylation is 1. The van der Waals surface area contributed by atoms with Crippen LogP contribution in [0.25, 0.3) is 0 Å². The van der Waals surface area contributed by atoms with E-state index in [0.29, 0.717) is 0 Å². The summed E-state index contributed by atoms with van der Waals surface area (Å²) in [5.41, 5.74) is 1.42. The fourth-order valence-electron chi connectivity index (χ4n) is 2.46. The molecule has 0 aliphatic heterocycles. The summed E-state index contributed by atoms with van der Waals surface area (Å²) < 4.78 is 0. The van der Waals surface area contributed by atoms with Crippen molar-refractivity contribution in [2.24, 2.45) is 5.92 Å². The molecule has 1 aliphatic carbocycles. The first-order valence-corrected chi connectivity index (χ1v) is 7.88. The molecular weight excluding hydrogens is 242 g/mol. The van der Waals surface area contributed by atoms with Crippen molar-refractivity contribution in [2.45, 2.75) is 58.9 Å². The third-order valence-corrected chi connectivity index (χ3v) is 5.21. The predicted octanol–water partition coefficient (Wildman–Crippen LogP) is 3.79. The molecule has 1 heterocycles. The van der Waals surface area contributed by atoms with Crippen molar-refractivity contribution in [1.82, 2.24) is 5.32 Å². The highest BCUT2D eigenvalue weighted by molar-refractivity contribution is 7.14. The van der Waals surface area contributed by atoms with Gasteiger partial charge in [0.25, 0.3) is 5.91 Å². The molecule has 2 nitrogen and oxygen atoms in total. The van der Waals surface area contributed by atoms with Crippen LogP contribution in [0, 0.1) is 5.92 Å². The molecule has 0 saturated carbocycles. The van der Waals surface area contributed by atoms with E-state index >= 15 is 0 Å². The lowest BCUT2D eigenvalue weighted by molar-refractivity contribution is 0.0943. The second-order valence-corrected chi connectivity index (χ2v) is 6.50. The maximum Gasteiger partial charge on any atom is 0.261 e. The maximum atomic E-state index is 12.1. The summed E-state index contributed by atoms with van der Waals surface area (Å²) in [6, 6.07) is 2.39. The van der Waals surface area contributed by atoms with Crippen LogP contribution in [0.15, 0.2) is 6.07 Å². The summed E-state index contributed by atoms with van der Waals surface area (Å²) in [6.45, 7) is 6.41. The van der Waals surface area contributed by atoms with E-state index in [9.17, 15) is 4.79 Å². The fraction of sp³-hybridized carbons (Fsp3) is 0.667. The zero-order chi connectivity index (χ0) is 13.1. The molecule has 3 heteroatoms. The van der Waals surface area contributed by atoms with Gasteiger partial charge in [-0.05, 0) is 50.2 Å². The summed E-state index contributed by atoms with van der Waals surface area (Å²) in [5, 5.41) is 3.05. The van der Waals surface area contributed by atoms with E-state index in [4.69, 9.17) is 0 Å². The van der Waals surface area contributed by atoms with E-state index in [1.165, 1.54) is 29.7 Å². The van der Waals surface area contributed by atoms with Crippen LogP contribution in [0.5, 0.6) is 0 Å². The van der Waals surface area contributed by atoms with Gasteiger partial charge in [-0.1, -0.05) is 20.3 Å². The van der Waals surface area contributed by atoms with Crippen LogP contribution >= 0.6 is 11.3 Å². The third-order valence-electron chi connectivity index (χ3n) is 3.98. The van der Waals surface area contributed by atoms with E-state index in [-0.39, 0.29) is 11.9 Å². The SMILES string of the molecule is CCC1CCc2sc(C(=O)NC(C)CC)cc2C1. The molecule has 0 radical (unpaired) electrons. The van der Waals surface area contributed by atoms with E-state index in [1.54, 1.807) is 11.3 Å². The van der Waals surface area contributed by atoms with Crippen molar-refractivity contribution < 1.29 is 4.79 Å². The molecule has 1 N–H and O–H groups in total. The van der Waals surface area contributed by atoms with Crippen LogP contribution in [0.2, 0.25) is 0 Å². The largest absolute Gasteiger partial charge is 0.349 e. The number of carbonyl (C=O) groups is 1. The van der Waals surface area contributed by atoms with Gasteiger partial charge in [-0.15, -0.1) is 11.3 Å². The first-order chi connectivity index (χ1) is 8.63. The maximum absolute atomic E-state index is 12.1. The number of hydrogen-bond donors (Lipinski definition) is 1. The first kappa shape index (κ1) is 13.6. The molecule has 1 aromatic heterocycles. The molecule has 0 spiro atoms. The molecule has 0 fully saturated rings. The van der Waals surface area contributed by atoms with Crippen molar-refractivity contribution in [3.63, 3.8) is 0 Å². The van der Waals surface area contributed by atoms with E-state index in [1.807, 2.05) is 0 Å². The minimum absolute atomic E-state index is 0.108. The monoisotopic (exact) mass is 265 g/mol. The van der Waals surface area contributed by atoms with Crippen molar-refractivity contribution in [3.05, 3.63) is 21.4 Å². The highest BCUT2D eigenvalue weighted by atomic mass is 32.1. The Morgan fingerprint density at radius 2 is 2.33 bits per heavy atom. The van der Waals surface area contributed by atoms with Crippen molar-refractivity contribution in [3.8, 4) is 0 Å². The van der Waals surface area contributed by atoms with Crippen LogP contribution in [-0.2, 0) is 12.8 Å². The van der Waals surface area contributed by atoms with Crippen LogP contribution in [-0.4, -0.2) is 11.9 Å². The Morgan fingerprint density at radius 1 is 1.56 bits per heavy atom. The molecule has 1 aromatic rings. The Hall–Kier alpha value is -0.830. The van der Waals surface area contributed by atoms with Gasteiger partial charge in [-0.2, -0.15) is 0 Å². The van der Waals surface area contributed by atoms with Crippen LogP contribution in [0.4, 0.5) is 0 Å². The number of amides is 1. The molecule has 100 valence electrons. The summed E-state index contributed by atoms with van der Waals surface area (Å²) in [4.78, 5) is 14.4. The average molecular weight is 265 g/mol. The fourth-order valence-corrected chi connectivity index (χ4v) is 3.57. The van der Waals surface area contributed by atoms with Crippen molar-refractivity contribution in [1.29, 1.82) is 0 Å². The van der Waals surface area contributed by atoms with Gasteiger partial charge in [0, 0.05) is 10.9 Å². The average Bonchev–Trinajstić information content (AvgIpc) is 2.81. The van der Waals surface area contributed by atoms with Gasteiger partial charge in [0.1, 0.15) is 0 Å². The molecule has 2 rings (SSSR count). The van der Waals surface area contributed by atoms with Crippen molar-refractivity contribution >= 4 is 17.2 Å². The summed E-state index contributed by atoms with van der Waals surface area (Å²) >= 11 is 1.70. The van der Waals surface area contributed by atoms with E-state index < -0.39 is 0 Å². The van der Waals surface area contributed by atoms with Gasteiger partial charge in [0.2, 0.25) is 0 Å². The Balaban J connectivity index is 2.08. The van der Waals surface area contributed by atoms with Gasteiger partial charge in [0.15, 0.2) is 0 Å². The Morgan fingerprint density at radius 3 is 3.00 bits per heavy atom. The quantitative estimate of drug-likeness (QED) is 0.881. The predicted molar refractivity (Wildman–Crippen MR) is 77.3 cm³/mol. The molecule has 2 unspecified atom stereocenters.